The maximum absolute atomic E-state index is 11.7. The summed E-state index contributed by atoms with van der Waals surface area (Å²) in [5.74, 6) is 1.21. The smallest absolute Gasteiger partial charge is 0.407 e. The van der Waals surface area contributed by atoms with E-state index in [-0.39, 0.29) is 6.09 Å². The van der Waals surface area contributed by atoms with Crippen LogP contribution in [-0.4, -0.2) is 37.1 Å². The number of ether oxygens (including phenoxy) is 1. The molecule has 0 aromatic heterocycles. The molecule has 0 fully saturated rings. The molecule has 1 aromatic rings. The topological polar surface area (TPSA) is 41.6 Å². The highest BCUT2D eigenvalue weighted by Crippen LogP contribution is 2.42. The summed E-state index contributed by atoms with van der Waals surface area (Å²) in [5.41, 5.74) is 4.08. The number of rotatable bonds is 4. The minimum Gasteiger partial charge on any atom is -0.444 e. The third-order valence-corrected chi connectivity index (χ3v) is 5.28. The number of amides is 1. The van der Waals surface area contributed by atoms with Crippen LogP contribution >= 0.6 is 11.8 Å². The lowest BCUT2D eigenvalue weighted by atomic mass is 10.1. The monoisotopic (exact) mass is 334 g/mol. The lowest BCUT2D eigenvalue weighted by Crippen LogP contribution is -2.34. The van der Waals surface area contributed by atoms with E-state index in [0.29, 0.717) is 6.54 Å². The Morgan fingerprint density at radius 3 is 2.96 bits per heavy atom. The van der Waals surface area contributed by atoms with E-state index >= 15 is 0 Å². The molecule has 0 saturated heterocycles. The number of hydrogen-bond acceptors (Lipinski definition) is 4. The van der Waals surface area contributed by atoms with Gasteiger partial charge in [0.2, 0.25) is 0 Å². The largest absolute Gasteiger partial charge is 0.444 e. The molecule has 1 amide bonds. The van der Waals surface area contributed by atoms with Crippen LogP contribution in [0.2, 0.25) is 0 Å². The Bertz CT molecular complexity index is 595. The van der Waals surface area contributed by atoms with Crippen molar-refractivity contribution >= 4 is 23.5 Å². The average Bonchev–Trinajstić information content (AvgIpc) is 3.07. The fraction of sp³-hybridized carbons (Fsp3) is 0.611. The van der Waals surface area contributed by atoms with E-state index in [9.17, 15) is 4.79 Å². The Hall–Kier alpha value is -1.36. The van der Waals surface area contributed by atoms with Gasteiger partial charge in [0.1, 0.15) is 5.60 Å². The molecule has 0 saturated carbocycles. The number of anilines is 1. The van der Waals surface area contributed by atoms with Crippen molar-refractivity contribution < 1.29 is 9.53 Å². The predicted molar refractivity (Wildman–Crippen MR) is 95.6 cm³/mol. The third-order valence-electron chi connectivity index (χ3n) is 4.17. The number of carbonyl (C=O) groups excluding carboxylic acids is 1. The van der Waals surface area contributed by atoms with Crippen LogP contribution in [0.4, 0.5) is 10.5 Å². The molecule has 1 N–H and O–H groups in total. The molecule has 0 spiro atoms. The van der Waals surface area contributed by atoms with E-state index in [0.717, 1.165) is 25.9 Å². The zero-order valence-corrected chi connectivity index (χ0v) is 15.1. The van der Waals surface area contributed by atoms with Gasteiger partial charge in [-0.2, -0.15) is 0 Å². The van der Waals surface area contributed by atoms with Crippen LogP contribution in [-0.2, 0) is 17.6 Å². The molecule has 0 radical (unpaired) electrons. The standard InChI is InChI=1S/C18H26N2O2S/c1-18(2,3)22-17(21)19-9-4-10-20-11-7-13-5-6-15-14(16(13)20)8-12-23-15/h5-6H,4,7-12H2,1-3H3,(H,19,21). The van der Waals surface area contributed by atoms with Crippen LogP contribution < -0.4 is 10.2 Å². The summed E-state index contributed by atoms with van der Waals surface area (Å²) in [4.78, 5) is 15.6. The molecule has 2 aliphatic heterocycles. The number of carbonyl (C=O) groups is 1. The Morgan fingerprint density at radius 2 is 2.17 bits per heavy atom. The maximum Gasteiger partial charge on any atom is 0.407 e. The summed E-state index contributed by atoms with van der Waals surface area (Å²) in [6, 6.07) is 4.59. The molecule has 126 valence electrons. The Morgan fingerprint density at radius 1 is 1.35 bits per heavy atom. The van der Waals surface area contributed by atoms with Crippen molar-refractivity contribution in [3.8, 4) is 0 Å². The second-order valence-electron chi connectivity index (χ2n) is 7.17. The normalized spacial score (nSPS) is 16.2. The van der Waals surface area contributed by atoms with Crippen molar-refractivity contribution in [3.63, 3.8) is 0 Å². The molecular formula is C18H26N2O2S. The highest BCUT2D eigenvalue weighted by Gasteiger charge is 2.26. The van der Waals surface area contributed by atoms with Crippen LogP contribution in [0.1, 0.15) is 38.3 Å². The Labute approximate surface area is 143 Å². The van der Waals surface area contributed by atoms with E-state index in [4.69, 9.17) is 4.74 Å². The predicted octanol–water partition coefficient (Wildman–Crippen LogP) is 3.61. The molecule has 0 bridgehead atoms. The first-order valence-corrected chi connectivity index (χ1v) is 9.42. The van der Waals surface area contributed by atoms with E-state index in [1.54, 1.807) is 5.56 Å². The van der Waals surface area contributed by atoms with Gasteiger partial charge in [-0.1, -0.05) is 6.07 Å². The Kier molecular flexibility index (Phi) is 4.76. The van der Waals surface area contributed by atoms with Crippen LogP contribution in [0.5, 0.6) is 0 Å². The highest BCUT2D eigenvalue weighted by molar-refractivity contribution is 7.99. The van der Waals surface area contributed by atoms with Crippen molar-refractivity contribution in [1.29, 1.82) is 0 Å². The van der Waals surface area contributed by atoms with Gasteiger partial charge in [-0.3, -0.25) is 0 Å². The number of nitrogens with one attached hydrogen (secondary N) is 1. The van der Waals surface area contributed by atoms with E-state index in [1.165, 1.54) is 28.3 Å². The van der Waals surface area contributed by atoms with Gasteiger partial charge < -0.3 is 15.0 Å². The SMILES string of the molecule is CC(C)(C)OC(=O)NCCCN1CCc2ccc3c(c21)CCS3. The highest BCUT2D eigenvalue weighted by atomic mass is 32.2. The minimum atomic E-state index is -0.434. The van der Waals surface area contributed by atoms with Crippen molar-refractivity contribution in [1.82, 2.24) is 5.32 Å². The summed E-state index contributed by atoms with van der Waals surface area (Å²) >= 11 is 1.97. The van der Waals surface area contributed by atoms with Gasteiger partial charge >= 0.3 is 6.09 Å². The molecule has 23 heavy (non-hydrogen) atoms. The first-order valence-electron chi connectivity index (χ1n) is 8.43. The van der Waals surface area contributed by atoms with Crippen LogP contribution in [0, 0.1) is 0 Å². The second-order valence-corrected chi connectivity index (χ2v) is 8.30. The van der Waals surface area contributed by atoms with Gasteiger partial charge in [0.05, 0.1) is 0 Å². The van der Waals surface area contributed by atoms with Crippen molar-refractivity contribution in [2.24, 2.45) is 0 Å². The van der Waals surface area contributed by atoms with Gasteiger partial charge in [0.15, 0.2) is 0 Å². The van der Waals surface area contributed by atoms with E-state index in [2.05, 4.69) is 22.3 Å². The molecule has 1 aromatic carbocycles. The van der Waals surface area contributed by atoms with Crippen molar-refractivity contribution in [3.05, 3.63) is 23.3 Å². The van der Waals surface area contributed by atoms with Gasteiger partial charge in [0.25, 0.3) is 0 Å². The second kappa shape index (κ2) is 6.63. The number of nitrogens with zero attached hydrogens (tertiary/aromatic N) is 1. The Balaban J connectivity index is 1.50. The molecule has 3 rings (SSSR count). The molecular weight excluding hydrogens is 308 g/mol. The summed E-state index contributed by atoms with van der Waals surface area (Å²) in [7, 11) is 0. The van der Waals surface area contributed by atoms with Gasteiger partial charge in [-0.05, 0) is 57.2 Å². The van der Waals surface area contributed by atoms with E-state index in [1.807, 2.05) is 32.5 Å². The fourth-order valence-electron chi connectivity index (χ4n) is 3.27. The van der Waals surface area contributed by atoms with Crippen LogP contribution in [0.3, 0.4) is 0 Å². The summed E-state index contributed by atoms with van der Waals surface area (Å²) < 4.78 is 5.26. The van der Waals surface area contributed by atoms with Crippen LogP contribution in [0.25, 0.3) is 0 Å². The van der Waals surface area contributed by atoms with Gasteiger partial charge in [0, 0.05) is 36.0 Å². The van der Waals surface area contributed by atoms with Crippen molar-refractivity contribution in [2.75, 3.05) is 30.3 Å². The number of hydrogen-bond donors (Lipinski definition) is 1. The lowest BCUT2D eigenvalue weighted by Gasteiger charge is -2.23. The first-order chi connectivity index (χ1) is 10.9. The molecule has 4 nitrogen and oxygen atoms in total. The summed E-state index contributed by atoms with van der Waals surface area (Å²) in [6.07, 6.45) is 2.95. The maximum atomic E-state index is 11.7. The van der Waals surface area contributed by atoms with Gasteiger partial charge in [-0.15, -0.1) is 11.8 Å². The molecule has 0 atom stereocenters. The summed E-state index contributed by atoms with van der Waals surface area (Å²) in [5, 5.41) is 2.85. The molecule has 0 aliphatic carbocycles. The molecule has 2 heterocycles. The quantitative estimate of drug-likeness (QED) is 0.854. The lowest BCUT2D eigenvalue weighted by molar-refractivity contribution is 0.0527. The van der Waals surface area contributed by atoms with E-state index < -0.39 is 5.60 Å². The third kappa shape index (κ3) is 3.94. The number of benzene rings is 1. The van der Waals surface area contributed by atoms with Crippen molar-refractivity contribution in [2.45, 2.75) is 50.5 Å². The number of thioether (sulfide) groups is 1. The van der Waals surface area contributed by atoms with Gasteiger partial charge in [-0.25, -0.2) is 4.79 Å². The molecule has 5 heteroatoms. The fourth-order valence-corrected chi connectivity index (χ4v) is 4.33. The first kappa shape index (κ1) is 16.5. The number of fused-ring (bicyclic) bond motifs is 3. The average molecular weight is 334 g/mol. The summed E-state index contributed by atoms with van der Waals surface area (Å²) in [6.45, 7) is 8.39. The zero-order valence-electron chi connectivity index (χ0n) is 14.3. The zero-order chi connectivity index (χ0) is 16.4. The minimum absolute atomic E-state index is 0.323. The van der Waals surface area contributed by atoms with Crippen LogP contribution in [0.15, 0.2) is 17.0 Å². The number of alkyl carbamates (subject to hydrolysis) is 1. The molecule has 2 aliphatic rings. The molecule has 0 unspecified atom stereocenters.